The Morgan fingerprint density at radius 3 is 1.88 bits per heavy atom. The first-order chi connectivity index (χ1) is 7.66. The number of halogens is 4. The molecule has 0 saturated carbocycles. The van der Waals surface area contributed by atoms with Crippen molar-refractivity contribution in [1.82, 2.24) is 0 Å². The lowest BCUT2D eigenvalue weighted by Crippen LogP contribution is -2.33. The van der Waals surface area contributed by atoms with Crippen LogP contribution in [0.4, 0.5) is 0 Å². The lowest BCUT2D eigenvalue weighted by Gasteiger charge is -2.30. The molecule has 0 saturated heterocycles. The summed E-state index contributed by atoms with van der Waals surface area (Å²) in [7, 11) is 0. The van der Waals surface area contributed by atoms with Crippen molar-refractivity contribution < 1.29 is 5.11 Å². The molecule has 1 N–H and O–H groups in total. The topological polar surface area (TPSA) is 20.2 Å². The van der Waals surface area contributed by atoms with Gasteiger partial charge in [0.2, 0.25) is 0 Å². The Morgan fingerprint density at radius 1 is 1.06 bits per heavy atom. The number of rotatable bonds is 3. The first-order valence-electron chi connectivity index (χ1n) is 5.10. The summed E-state index contributed by atoms with van der Waals surface area (Å²) in [6.45, 7) is 3.89. The van der Waals surface area contributed by atoms with Gasteiger partial charge in [0.05, 0.1) is 5.88 Å². The number of hydrogen-bond donors (Lipinski definition) is 1. The Bertz CT molecular complexity index is 380. The van der Waals surface area contributed by atoms with Crippen molar-refractivity contribution in [3.8, 4) is 0 Å². The average molecular weight is 316 g/mol. The van der Waals surface area contributed by atoms with E-state index < -0.39 is 9.39 Å². The molecule has 1 nitrogen and oxygen atoms in total. The molecule has 0 fully saturated rings. The Balaban J connectivity index is 3.15. The largest absolute Gasteiger partial charge is 0.384 e. The third-order valence-electron chi connectivity index (χ3n) is 2.47. The molecular weight excluding hydrogens is 302 g/mol. The predicted molar refractivity (Wildman–Crippen MR) is 75.4 cm³/mol. The van der Waals surface area contributed by atoms with E-state index in [4.69, 9.17) is 46.4 Å². The lowest BCUT2D eigenvalue weighted by atomic mass is 9.90. The van der Waals surface area contributed by atoms with Gasteiger partial charge in [0.15, 0.2) is 3.79 Å². The molecular formula is C12H14Cl4O. The van der Waals surface area contributed by atoms with E-state index in [1.165, 1.54) is 0 Å². The quantitative estimate of drug-likeness (QED) is 0.815. The van der Waals surface area contributed by atoms with Gasteiger partial charge in [0, 0.05) is 6.42 Å². The molecule has 5 heteroatoms. The van der Waals surface area contributed by atoms with Crippen LogP contribution < -0.4 is 0 Å². The van der Waals surface area contributed by atoms with Gasteiger partial charge in [-0.05, 0) is 19.4 Å². The maximum Gasteiger partial charge on any atom is 0.193 e. The monoisotopic (exact) mass is 314 g/mol. The second kappa shape index (κ2) is 5.54. The Morgan fingerprint density at radius 2 is 1.53 bits per heavy atom. The van der Waals surface area contributed by atoms with Crippen molar-refractivity contribution in [2.24, 2.45) is 0 Å². The van der Waals surface area contributed by atoms with Gasteiger partial charge >= 0.3 is 0 Å². The SMILES string of the molecule is Cc1cc(C)cc(C(O)(CCl)CC(Cl)(Cl)Cl)c1. The molecule has 0 aliphatic heterocycles. The molecule has 1 rings (SSSR count). The van der Waals surface area contributed by atoms with Crippen LogP contribution in [0.1, 0.15) is 23.1 Å². The summed E-state index contributed by atoms with van der Waals surface area (Å²) in [4.78, 5) is 0. The van der Waals surface area contributed by atoms with E-state index in [0.29, 0.717) is 5.56 Å². The van der Waals surface area contributed by atoms with Crippen molar-refractivity contribution in [2.75, 3.05) is 5.88 Å². The highest BCUT2D eigenvalue weighted by atomic mass is 35.6. The first kappa shape index (κ1) is 15.4. The zero-order chi connectivity index (χ0) is 13.3. The minimum atomic E-state index is -1.54. The molecule has 0 amide bonds. The van der Waals surface area contributed by atoms with Gasteiger partial charge < -0.3 is 5.11 Å². The smallest absolute Gasteiger partial charge is 0.193 e. The van der Waals surface area contributed by atoms with E-state index in [0.717, 1.165) is 11.1 Å². The summed E-state index contributed by atoms with van der Waals surface area (Å²) in [5.74, 6) is -0.0240. The number of benzene rings is 1. The maximum atomic E-state index is 10.5. The molecule has 0 radical (unpaired) electrons. The van der Waals surface area contributed by atoms with E-state index in [2.05, 4.69) is 0 Å². The van der Waals surface area contributed by atoms with Crippen molar-refractivity contribution >= 4 is 46.4 Å². The standard InChI is InChI=1S/C12H14Cl4O/c1-8-3-9(2)5-10(4-8)11(17,7-13)6-12(14,15)16/h3-5,17H,6-7H2,1-2H3. The molecule has 0 aromatic heterocycles. The zero-order valence-electron chi connectivity index (χ0n) is 9.61. The summed E-state index contributed by atoms with van der Waals surface area (Å²) in [5.41, 5.74) is 1.42. The van der Waals surface area contributed by atoms with E-state index in [1.807, 2.05) is 32.0 Å². The molecule has 0 bridgehead atoms. The maximum absolute atomic E-state index is 10.5. The normalized spacial score (nSPS) is 15.7. The number of aryl methyl sites for hydroxylation is 2. The molecule has 1 unspecified atom stereocenters. The Kier molecular flexibility index (Phi) is 5.02. The van der Waals surface area contributed by atoms with Crippen LogP contribution in [0, 0.1) is 13.8 Å². The molecule has 1 atom stereocenters. The highest BCUT2D eigenvalue weighted by Gasteiger charge is 2.37. The minimum Gasteiger partial charge on any atom is -0.384 e. The highest BCUT2D eigenvalue weighted by Crippen LogP contribution is 2.40. The molecule has 0 spiro atoms. The van der Waals surface area contributed by atoms with Gasteiger partial charge in [-0.15, -0.1) is 11.6 Å². The summed E-state index contributed by atoms with van der Waals surface area (Å²) in [5, 5.41) is 10.5. The zero-order valence-corrected chi connectivity index (χ0v) is 12.6. The van der Waals surface area contributed by atoms with Crippen LogP contribution in [0.25, 0.3) is 0 Å². The molecule has 0 aliphatic carbocycles. The number of hydrogen-bond acceptors (Lipinski definition) is 1. The fourth-order valence-corrected chi connectivity index (χ4v) is 2.71. The average Bonchev–Trinajstić information content (AvgIpc) is 2.13. The fourth-order valence-electron chi connectivity index (χ4n) is 1.80. The molecule has 1 aromatic carbocycles. The number of alkyl halides is 4. The van der Waals surface area contributed by atoms with Gasteiger partial charge in [0.25, 0.3) is 0 Å². The fraction of sp³-hybridized carbons (Fsp3) is 0.500. The van der Waals surface area contributed by atoms with Gasteiger partial charge in [-0.25, -0.2) is 0 Å². The first-order valence-corrected chi connectivity index (χ1v) is 6.77. The van der Waals surface area contributed by atoms with Crippen LogP contribution in [0.2, 0.25) is 0 Å². The molecule has 96 valence electrons. The Hall–Kier alpha value is 0.340. The van der Waals surface area contributed by atoms with Crippen LogP contribution in [-0.4, -0.2) is 14.8 Å². The Labute approximate surface area is 122 Å². The van der Waals surface area contributed by atoms with Gasteiger partial charge in [-0.2, -0.15) is 0 Å². The van der Waals surface area contributed by atoms with E-state index in [9.17, 15) is 5.11 Å². The van der Waals surface area contributed by atoms with Gasteiger partial charge in [-0.1, -0.05) is 64.1 Å². The van der Waals surface area contributed by atoms with Crippen LogP contribution in [0.5, 0.6) is 0 Å². The molecule has 1 aromatic rings. The van der Waals surface area contributed by atoms with E-state index in [-0.39, 0.29) is 12.3 Å². The predicted octanol–water partition coefficient (Wildman–Crippen LogP) is 4.49. The van der Waals surface area contributed by atoms with Crippen molar-refractivity contribution in [1.29, 1.82) is 0 Å². The minimum absolute atomic E-state index is 0.0240. The van der Waals surface area contributed by atoms with Crippen LogP contribution in [0.15, 0.2) is 18.2 Å². The molecule has 17 heavy (non-hydrogen) atoms. The molecule has 0 heterocycles. The highest BCUT2D eigenvalue weighted by molar-refractivity contribution is 6.67. The van der Waals surface area contributed by atoms with Gasteiger partial charge in [-0.3, -0.25) is 0 Å². The second-order valence-electron chi connectivity index (χ2n) is 4.33. The van der Waals surface area contributed by atoms with Gasteiger partial charge in [0.1, 0.15) is 5.60 Å². The number of aliphatic hydroxyl groups is 1. The summed E-state index contributed by atoms with van der Waals surface area (Å²) >= 11 is 23.0. The summed E-state index contributed by atoms with van der Waals surface area (Å²) in [6, 6.07) is 5.71. The van der Waals surface area contributed by atoms with Crippen molar-refractivity contribution in [3.63, 3.8) is 0 Å². The lowest BCUT2D eigenvalue weighted by molar-refractivity contribution is 0.0527. The summed E-state index contributed by atoms with van der Waals surface area (Å²) in [6.07, 6.45) is -0.0446. The second-order valence-corrected chi connectivity index (χ2v) is 7.12. The summed E-state index contributed by atoms with van der Waals surface area (Å²) < 4.78 is -1.54. The van der Waals surface area contributed by atoms with Crippen LogP contribution in [-0.2, 0) is 5.60 Å². The van der Waals surface area contributed by atoms with Crippen molar-refractivity contribution in [2.45, 2.75) is 29.7 Å². The van der Waals surface area contributed by atoms with Crippen molar-refractivity contribution in [3.05, 3.63) is 34.9 Å². The van der Waals surface area contributed by atoms with Crippen LogP contribution >= 0.6 is 46.4 Å². The third-order valence-corrected chi connectivity index (χ3v) is 3.32. The third kappa shape index (κ3) is 4.50. The van der Waals surface area contributed by atoms with E-state index >= 15 is 0 Å². The molecule has 0 aliphatic rings. The van der Waals surface area contributed by atoms with E-state index in [1.54, 1.807) is 0 Å². The van der Waals surface area contributed by atoms with Crippen LogP contribution in [0.3, 0.4) is 0 Å².